The molecule has 0 bridgehead atoms. The third kappa shape index (κ3) is 73.5. The number of phosphoric ester groups is 2. The van der Waals surface area contributed by atoms with E-state index in [1.807, 2.05) is 0 Å². The van der Waals surface area contributed by atoms with Crippen LogP contribution in [0.2, 0.25) is 0 Å². The predicted octanol–water partition coefficient (Wildman–Crippen LogP) is 22.2. The van der Waals surface area contributed by atoms with Crippen LogP contribution in [0.3, 0.4) is 0 Å². The molecule has 5 atom stereocenters. The van der Waals surface area contributed by atoms with Gasteiger partial charge in [0.05, 0.1) is 26.4 Å². The van der Waals surface area contributed by atoms with Crippen LogP contribution in [-0.4, -0.2) is 95.9 Å². The first-order valence-electron chi connectivity index (χ1n) is 38.5. The first-order chi connectivity index (χ1) is 47.2. The van der Waals surface area contributed by atoms with Crippen molar-refractivity contribution in [3.63, 3.8) is 0 Å². The highest BCUT2D eigenvalue weighted by atomic mass is 31.2. The molecular formula is C79H140O16P2. The molecule has 18 heteroatoms. The Bertz CT molecular complexity index is 2150. The molecule has 97 heavy (non-hydrogen) atoms. The summed E-state index contributed by atoms with van der Waals surface area (Å²) in [7, 11) is -9.78. The van der Waals surface area contributed by atoms with Crippen molar-refractivity contribution >= 4 is 33.6 Å². The van der Waals surface area contributed by atoms with E-state index in [9.17, 15) is 43.5 Å². The summed E-state index contributed by atoms with van der Waals surface area (Å²) in [6, 6.07) is 0. The third-order valence-corrected chi connectivity index (χ3v) is 18.2. The van der Waals surface area contributed by atoms with E-state index in [4.69, 9.17) is 32.3 Å². The number of esters is 3. The first kappa shape index (κ1) is 93.5. The summed E-state index contributed by atoms with van der Waals surface area (Å²) < 4.78 is 61.1. The van der Waals surface area contributed by atoms with Crippen molar-refractivity contribution in [2.45, 2.75) is 347 Å². The van der Waals surface area contributed by atoms with Crippen molar-refractivity contribution in [1.82, 2.24) is 0 Å². The van der Waals surface area contributed by atoms with Gasteiger partial charge >= 0.3 is 33.6 Å². The molecule has 0 aliphatic rings. The number of carbonyl (C=O) groups excluding carboxylic acids is 3. The van der Waals surface area contributed by atoms with Gasteiger partial charge in [0.2, 0.25) is 0 Å². The Balaban J connectivity index is 4.54. The summed E-state index contributed by atoms with van der Waals surface area (Å²) in [5, 5.41) is 20.6. The van der Waals surface area contributed by atoms with Gasteiger partial charge in [0.15, 0.2) is 6.10 Å². The second kappa shape index (κ2) is 72.3. The molecule has 0 aromatic carbocycles. The van der Waals surface area contributed by atoms with Gasteiger partial charge in [0, 0.05) is 19.3 Å². The third-order valence-electron chi connectivity index (χ3n) is 16.3. The Morgan fingerprint density at radius 3 is 0.887 bits per heavy atom. The molecule has 562 valence electrons. The van der Waals surface area contributed by atoms with E-state index in [1.54, 1.807) is 0 Å². The molecule has 0 aromatic rings. The van der Waals surface area contributed by atoms with Gasteiger partial charge in [-0.05, 0) is 103 Å². The molecule has 0 aliphatic heterocycles. The lowest BCUT2D eigenvalue weighted by Crippen LogP contribution is -2.30. The molecule has 0 saturated carbocycles. The van der Waals surface area contributed by atoms with Crippen molar-refractivity contribution in [1.29, 1.82) is 0 Å². The summed E-state index contributed by atoms with van der Waals surface area (Å²) in [6.07, 6.45) is 81.6. The number of hydrogen-bond acceptors (Lipinski definition) is 14. The number of allylic oxidation sites excluding steroid dienone is 16. The normalized spacial score (nSPS) is 14.6. The minimum Gasteiger partial charge on any atom is -0.463 e. The highest BCUT2D eigenvalue weighted by molar-refractivity contribution is 7.47. The Kier molecular flexibility index (Phi) is 69.6. The molecular weight excluding hydrogens is 1270 g/mol. The maximum Gasteiger partial charge on any atom is 0.472 e. The molecule has 0 heterocycles. The Labute approximate surface area is 590 Å². The maximum absolute atomic E-state index is 13.0. The van der Waals surface area contributed by atoms with Gasteiger partial charge < -0.3 is 34.2 Å². The van der Waals surface area contributed by atoms with E-state index in [0.717, 1.165) is 141 Å². The van der Waals surface area contributed by atoms with E-state index in [2.05, 4.69) is 118 Å². The first-order valence-corrected chi connectivity index (χ1v) is 41.5. The minimum absolute atomic E-state index is 0.106. The van der Waals surface area contributed by atoms with Crippen LogP contribution in [0.25, 0.3) is 0 Å². The number of unbranched alkanes of at least 4 members (excludes halogenated alkanes) is 34. The fourth-order valence-electron chi connectivity index (χ4n) is 10.4. The highest BCUT2D eigenvalue weighted by Crippen LogP contribution is 2.45. The van der Waals surface area contributed by atoms with Crippen LogP contribution in [-0.2, 0) is 55.8 Å². The molecule has 0 spiro atoms. The summed E-state index contributed by atoms with van der Waals surface area (Å²) in [5.74, 6) is -1.58. The number of aliphatic hydroxyl groups excluding tert-OH is 2. The van der Waals surface area contributed by atoms with Gasteiger partial charge in [-0.3, -0.25) is 32.5 Å². The van der Waals surface area contributed by atoms with Crippen molar-refractivity contribution < 1.29 is 75.8 Å². The van der Waals surface area contributed by atoms with Crippen LogP contribution in [0.15, 0.2) is 97.2 Å². The van der Waals surface area contributed by atoms with Gasteiger partial charge in [-0.1, -0.05) is 304 Å². The number of rotatable bonds is 73. The lowest BCUT2D eigenvalue weighted by molar-refractivity contribution is -0.161. The van der Waals surface area contributed by atoms with Crippen LogP contribution < -0.4 is 0 Å². The maximum atomic E-state index is 13.0. The van der Waals surface area contributed by atoms with Gasteiger partial charge in [-0.2, -0.15) is 0 Å². The molecule has 4 N–H and O–H groups in total. The zero-order chi connectivity index (χ0) is 70.9. The Morgan fingerprint density at radius 1 is 0.299 bits per heavy atom. The molecule has 16 nitrogen and oxygen atoms in total. The van der Waals surface area contributed by atoms with Crippen LogP contribution >= 0.6 is 15.6 Å². The standard InChI is InChI=1S/C79H140O16P2/c1-4-7-10-13-16-19-22-25-28-30-32-33-34-35-36-37-38-39-41-43-45-47-50-53-56-59-62-65-77(82)89-68-74(80)69-91-96(85,86)92-70-75(81)71-93-97(87,88)94-73-76(95-79(84)67-64-61-58-55-52-49-44-27-24-21-18-15-12-9-6-3)72-90-78(83)66-63-60-57-54-51-48-46-42-40-31-29-26-23-20-17-14-11-8-5-2/h7,10,16-17,19-20,25-26,28-29,32-33,35-36,40,42,74-76,80-81H,4-6,8-9,11-15,18,21-24,27,30-31,34,37-39,41,43-73H2,1-3H3,(H,85,86)(H,87,88)/b10-7-,19-16-,20-17-,28-25-,29-26-,33-32-,36-35-,42-40-. The zero-order valence-electron chi connectivity index (χ0n) is 61.2. The largest absolute Gasteiger partial charge is 0.472 e. The molecule has 0 aliphatic carbocycles. The van der Waals surface area contributed by atoms with Gasteiger partial charge in [0.1, 0.15) is 25.4 Å². The fraction of sp³-hybridized carbons (Fsp3) is 0.759. The second-order valence-corrected chi connectivity index (χ2v) is 28.7. The smallest absolute Gasteiger partial charge is 0.463 e. The molecule has 0 radical (unpaired) electrons. The molecule has 0 saturated heterocycles. The number of ether oxygens (including phenoxy) is 3. The van der Waals surface area contributed by atoms with Crippen LogP contribution in [0.4, 0.5) is 0 Å². The Morgan fingerprint density at radius 2 is 0.546 bits per heavy atom. The lowest BCUT2D eigenvalue weighted by atomic mass is 10.0. The summed E-state index contributed by atoms with van der Waals surface area (Å²) in [4.78, 5) is 58.6. The van der Waals surface area contributed by atoms with E-state index >= 15 is 0 Å². The Hall–Kier alpha value is -3.53. The van der Waals surface area contributed by atoms with Crippen molar-refractivity contribution in [3.05, 3.63) is 97.2 Å². The van der Waals surface area contributed by atoms with Crippen molar-refractivity contribution in [2.75, 3.05) is 39.6 Å². The fourth-order valence-corrected chi connectivity index (χ4v) is 12.0. The SMILES string of the molecule is CC/C=C\C/C=C\C/C=C\C/C=C\C/C=C\CCCCCCCCCCCCCC(=O)OCC(O)COP(=O)(O)OCC(O)COP(=O)(O)OCC(COC(=O)CCCCCCCC/C=C\C/C=C\C/C=C\CCCCC)OC(=O)CCCCCCCCCCCCCCCCC. The van der Waals surface area contributed by atoms with Gasteiger partial charge in [0.25, 0.3) is 0 Å². The molecule has 0 amide bonds. The van der Waals surface area contributed by atoms with Gasteiger partial charge in [-0.15, -0.1) is 0 Å². The number of phosphoric acid groups is 2. The average molecular weight is 1410 g/mol. The zero-order valence-corrected chi connectivity index (χ0v) is 63.0. The topological polar surface area (TPSA) is 231 Å². The van der Waals surface area contributed by atoms with E-state index in [-0.39, 0.29) is 19.3 Å². The monoisotopic (exact) mass is 1410 g/mol. The summed E-state index contributed by atoms with van der Waals surface area (Å²) >= 11 is 0. The van der Waals surface area contributed by atoms with Crippen molar-refractivity contribution in [2.24, 2.45) is 0 Å². The number of hydrogen-bond donors (Lipinski definition) is 4. The quantitative estimate of drug-likeness (QED) is 0.0146. The van der Waals surface area contributed by atoms with E-state index in [0.29, 0.717) is 19.3 Å². The van der Waals surface area contributed by atoms with Gasteiger partial charge in [-0.25, -0.2) is 9.13 Å². The summed E-state index contributed by atoms with van der Waals surface area (Å²) in [5.41, 5.74) is 0. The number of aliphatic hydroxyl groups is 2. The highest BCUT2D eigenvalue weighted by Gasteiger charge is 2.29. The molecule has 0 fully saturated rings. The predicted molar refractivity (Wildman–Crippen MR) is 399 cm³/mol. The van der Waals surface area contributed by atoms with Crippen LogP contribution in [0.5, 0.6) is 0 Å². The molecule has 0 rings (SSSR count). The minimum atomic E-state index is -4.93. The number of carbonyl (C=O) groups is 3. The van der Waals surface area contributed by atoms with E-state index in [1.165, 1.54) is 128 Å². The molecule has 5 unspecified atom stereocenters. The van der Waals surface area contributed by atoms with Crippen molar-refractivity contribution in [3.8, 4) is 0 Å². The molecule has 0 aromatic heterocycles. The van der Waals surface area contributed by atoms with Crippen LogP contribution in [0, 0.1) is 0 Å². The summed E-state index contributed by atoms with van der Waals surface area (Å²) in [6.45, 7) is 2.56. The van der Waals surface area contributed by atoms with E-state index < -0.39 is 91.5 Å². The second-order valence-electron chi connectivity index (χ2n) is 25.8. The van der Waals surface area contributed by atoms with Crippen LogP contribution in [0.1, 0.15) is 329 Å². The average Bonchev–Trinajstić information content (AvgIpc) is 1.86. The lowest BCUT2D eigenvalue weighted by Gasteiger charge is -2.21.